The molecule has 0 bridgehead atoms. The van der Waals surface area contributed by atoms with Gasteiger partial charge in [-0.2, -0.15) is 0 Å². The lowest BCUT2D eigenvalue weighted by molar-refractivity contribution is 0.620. The number of halogens is 2. The molecular weight excluding hydrogens is 201 g/mol. The number of hydrogen-bond donors (Lipinski definition) is 1. The van der Waals surface area contributed by atoms with Crippen LogP contribution >= 0.6 is 11.6 Å². The van der Waals surface area contributed by atoms with Crippen molar-refractivity contribution in [2.75, 3.05) is 6.54 Å². The Morgan fingerprint density at radius 3 is 2.86 bits per heavy atom. The fourth-order valence-corrected chi connectivity index (χ4v) is 1.39. The lowest BCUT2D eigenvalue weighted by Gasteiger charge is -2.03. The Bertz CT molecular complexity index is 292. The summed E-state index contributed by atoms with van der Waals surface area (Å²) < 4.78 is 12.9. The Balaban J connectivity index is 2.46. The maximum Gasteiger partial charge on any atom is 0.125 e. The topological polar surface area (TPSA) is 12.0 Å². The summed E-state index contributed by atoms with van der Waals surface area (Å²) in [6.45, 7) is 5.09. The van der Waals surface area contributed by atoms with Crippen LogP contribution in [0.4, 0.5) is 4.39 Å². The minimum absolute atomic E-state index is 0.293. The maximum absolute atomic E-state index is 12.9. The van der Waals surface area contributed by atoms with E-state index in [2.05, 4.69) is 11.9 Å². The van der Waals surface area contributed by atoms with Gasteiger partial charge in [-0.15, -0.1) is 6.58 Å². The second-order valence-corrected chi connectivity index (χ2v) is 3.47. The monoisotopic (exact) mass is 213 g/mol. The van der Waals surface area contributed by atoms with Crippen LogP contribution in [0.1, 0.15) is 12.0 Å². The molecule has 0 atom stereocenters. The first-order valence-corrected chi connectivity index (χ1v) is 4.87. The number of rotatable bonds is 5. The Morgan fingerprint density at radius 2 is 2.21 bits per heavy atom. The number of benzene rings is 1. The minimum Gasteiger partial charge on any atom is -0.312 e. The van der Waals surface area contributed by atoms with Crippen LogP contribution in [0.2, 0.25) is 5.02 Å². The normalized spacial score (nSPS) is 10.1. The summed E-state index contributed by atoms with van der Waals surface area (Å²) in [5, 5.41) is 3.60. The molecule has 0 aliphatic carbocycles. The molecule has 76 valence electrons. The first kappa shape index (κ1) is 11.2. The molecule has 0 spiro atoms. The van der Waals surface area contributed by atoms with Gasteiger partial charge in [-0.25, -0.2) is 4.39 Å². The van der Waals surface area contributed by atoms with Gasteiger partial charge in [0.1, 0.15) is 5.82 Å². The van der Waals surface area contributed by atoms with Gasteiger partial charge < -0.3 is 5.32 Å². The van der Waals surface area contributed by atoms with Gasteiger partial charge in [0.05, 0.1) is 0 Å². The first-order chi connectivity index (χ1) is 6.72. The highest BCUT2D eigenvalue weighted by Crippen LogP contribution is 2.13. The molecule has 1 nitrogen and oxygen atoms in total. The standard InChI is InChI=1S/C11H13ClFN/c1-2-3-4-14-8-9-5-10(12)7-11(13)6-9/h2,5-7,14H,1,3-4,8H2. The molecular formula is C11H13ClFN. The summed E-state index contributed by atoms with van der Waals surface area (Å²) in [6, 6.07) is 4.53. The minimum atomic E-state index is -0.293. The Hall–Kier alpha value is -0.860. The van der Waals surface area contributed by atoms with Crippen LogP contribution in [0.15, 0.2) is 30.9 Å². The van der Waals surface area contributed by atoms with Crippen LogP contribution in [-0.2, 0) is 6.54 Å². The molecule has 0 heterocycles. The van der Waals surface area contributed by atoms with Crippen molar-refractivity contribution in [3.63, 3.8) is 0 Å². The van der Waals surface area contributed by atoms with E-state index in [-0.39, 0.29) is 5.82 Å². The van der Waals surface area contributed by atoms with E-state index < -0.39 is 0 Å². The highest BCUT2D eigenvalue weighted by Gasteiger charge is 1.98. The predicted octanol–water partition coefficient (Wildman–Crippen LogP) is 3.14. The molecule has 1 aromatic carbocycles. The van der Waals surface area contributed by atoms with Gasteiger partial charge in [-0.05, 0) is 36.7 Å². The third-order valence-electron chi connectivity index (χ3n) is 1.78. The van der Waals surface area contributed by atoms with Crippen molar-refractivity contribution in [3.8, 4) is 0 Å². The SMILES string of the molecule is C=CCCNCc1cc(F)cc(Cl)c1. The summed E-state index contributed by atoms with van der Waals surface area (Å²) in [5.74, 6) is -0.293. The van der Waals surface area contributed by atoms with Crippen LogP contribution in [0.25, 0.3) is 0 Å². The largest absolute Gasteiger partial charge is 0.312 e. The fraction of sp³-hybridized carbons (Fsp3) is 0.273. The smallest absolute Gasteiger partial charge is 0.125 e. The third-order valence-corrected chi connectivity index (χ3v) is 1.99. The molecule has 0 unspecified atom stereocenters. The van der Waals surface area contributed by atoms with Crippen LogP contribution in [0.5, 0.6) is 0 Å². The molecule has 0 aromatic heterocycles. The van der Waals surface area contributed by atoms with Crippen molar-refractivity contribution in [2.24, 2.45) is 0 Å². The molecule has 14 heavy (non-hydrogen) atoms. The second kappa shape index (κ2) is 5.78. The summed E-state index contributed by atoms with van der Waals surface area (Å²) in [5.41, 5.74) is 0.860. The maximum atomic E-state index is 12.9. The van der Waals surface area contributed by atoms with Gasteiger partial charge in [-0.1, -0.05) is 17.7 Å². The lowest BCUT2D eigenvalue weighted by Crippen LogP contribution is -2.14. The molecule has 0 radical (unpaired) electrons. The highest BCUT2D eigenvalue weighted by molar-refractivity contribution is 6.30. The van der Waals surface area contributed by atoms with Crippen molar-refractivity contribution < 1.29 is 4.39 Å². The van der Waals surface area contributed by atoms with Gasteiger partial charge in [-0.3, -0.25) is 0 Å². The average Bonchev–Trinajstić information content (AvgIpc) is 2.11. The Kier molecular flexibility index (Phi) is 4.63. The van der Waals surface area contributed by atoms with E-state index in [1.54, 1.807) is 6.07 Å². The summed E-state index contributed by atoms with van der Waals surface area (Å²) >= 11 is 5.71. The molecule has 0 amide bonds. The van der Waals surface area contributed by atoms with E-state index in [9.17, 15) is 4.39 Å². The molecule has 0 fully saturated rings. The third kappa shape index (κ3) is 3.90. The fourth-order valence-electron chi connectivity index (χ4n) is 1.15. The van der Waals surface area contributed by atoms with Crippen molar-refractivity contribution in [1.82, 2.24) is 5.32 Å². The molecule has 0 saturated heterocycles. The zero-order valence-corrected chi connectivity index (χ0v) is 8.65. The van der Waals surface area contributed by atoms with E-state index in [1.807, 2.05) is 6.08 Å². The molecule has 3 heteroatoms. The molecule has 0 aliphatic rings. The molecule has 1 N–H and O–H groups in total. The van der Waals surface area contributed by atoms with E-state index in [0.29, 0.717) is 11.6 Å². The molecule has 1 rings (SSSR count). The van der Waals surface area contributed by atoms with Crippen molar-refractivity contribution in [2.45, 2.75) is 13.0 Å². The van der Waals surface area contributed by atoms with Gasteiger partial charge in [0.2, 0.25) is 0 Å². The predicted molar refractivity (Wildman–Crippen MR) is 57.9 cm³/mol. The van der Waals surface area contributed by atoms with Gasteiger partial charge in [0, 0.05) is 11.6 Å². The van der Waals surface area contributed by atoms with E-state index in [4.69, 9.17) is 11.6 Å². The van der Waals surface area contributed by atoms with Crippen LogP contribution < -0.4 is 5.32 Å². The van der Waals surface area contributed by atoms with Crippen molar-refractivity contribution >= 4 is 11.6 Å². The summed E-state index contributed by atoms with van der Waals surface area (Å²) in [7, 11) is 0. The van der Waals surface area contributed by atoms with Crippen molar-refractivity contribution in [1.29, 1.82) is 0 Å². The summed E-state index contributed by atoms with van der Waals surface area (Å²) in [4.78, 5) is 0. The first-order valence-electron chi connectivity index (χ1n) is 4.49. The van der Waals surface area contributed by atoms with E-state index >= 15 is 0 Å². The number of nitrogens with one attached hydrogen (secondary N) is 1. The quantitative estimate of drug-likeness (QED) is 0.585. The van der Waals surface area contributed by atoms with E-state index in [0.717, 1.165) is 18.5 Å². The van der Waals surface area contributed by atoms with E-state index in [1.165, 1.54) is 12.1 Å². The van der Waals surface area contributed by atoms with Crippen LogP contribution in [-0.4, -0.2) is 6.54 Å². The van der Waals surface area contributed by atoms with Gasteiger partial charge in [0.15, 0.2) is 0 Å². The van der Waals surface area contributed by atoms with Crippen LogP contribution in [0.3, 0.4) is 0 Å². The zero-order valence-electron chi connectivity index (χ0n) is 7.89. The number of hydrogen-bond acceptors (Lipinski definition) is 1. The van der Waals surface area contributed by atoms with Crippen molar-refractivity contribution in [3.05, 3.63) is 47.3 Å². The molecule has 0 saturated carbocycles. The Morgan fingerprint density at radius 1 is 1.43 bits per heavy atom. The average molecular weight is 214 g/mol. The molecule has 0 aliphatic heterocycles. The van der Waals surface area contributed by atoms with Crippen LogP contribution in [0, 0.1) is 5.82 Å². The highest BCUT2D eigenvalue weighted by atomic mass is 35.5. The summed E-state index contributed by atoms with van der Waals surface area (Å²) in [6.07, 6.45) is 2.74. The Labute approximate surface area is 88.6 Å². The zero-order chi connectivity index (χ0) is 10.4. The lowest BCUT2D eigenvalue weighted by atomic mass is 10.2. The van der Waals surface area contributed by atoms with Gasteiger partial charge >= 0.3 is 0 Å². The van der Waals surface area contributed by atoms with Gasteiger partial charge in [0.25, 0.3) is 0 Å². The second-order valence-electron chi connectivity index (χ2n) is 3.03. The molecule has 1 aromatic rings.